The number of hydrogen-bond acceptors (Lipinski definition) is 2. The quantitative estimate of drug-likeness (QED) is 0.509. The zero-order valence-electron chi connectivity index (χ0n) is 14.7. The van der Waals surface area contributed by atoms with Crippen molar-refractivity contribution in [2.75, 3.05) is 6.54 Å². The Balaban J connectivity index is 1.63. The molecule has 0 saturated heterocycles. The van der Waals surface area contributed by atoms with Crippen LogP contribution in [-0.4, -0.2) is 12.5 Å². The number of allylic oxidation sites excluding steroid dienone is 3. The van der Waals surface area contributed by atoms with E-state index in [4.69, 9.17) is 4.42 Å². The Morgan fingerprint density at radius 1 is 1.08 bits per heavy atom. The lowest BCUT2D eigenvalue weighted by Gasteiger charge is -2.03. The Morgan fingerprint density at radius 3 is 2.72 bits per heavy atom. The molecule has 0 fully saturated rings. The number of nitrogens with one attached hydrogen (secondary N) is 1. The van der Waals surface area contributed by atoms with Gasteiger partial charge in [0.25, 0.3) is 0 Å². The van der Waals surface area contributed by atoms with Gasteiger partial charge in [0.05, 0.1) is 0 Å². The van der Waals surface area contributed by atoms with Crippen molar-refractivity contribution in [2.45, 2.75) is 20.3 Å². The molecule has 1 amide bonds. The van der Waals surface area contributed by atoms with Crippen LogP contribution in [0.3, 0.4) is 0 Å². The molecule has 0 spiro atoms. The summed E-state index contributed by atoms with van der Waals surface area (Å²) in [6, 6.07) is 14.4. The predicted octanol–water partition coefficient (Wildman–Crippen LogP) is 5.01. The van der Waals surface area contributed by atoms with Crippen LogP contribution in [0.5, 0.6) is 0 Å². The van der Waals surface area contributed by atoms with Gasteiger partial charge in [-0.05, 0) is 36.1 Å². The molecule has 1 aromatic heterocycles. The van der Waals surface area contributed by atoms with Gasteiger partial charge < -0.3 is 9.73 Å². The Morgan fingerprint density at radius 2 is 1.88 bits per heavy atom. The van der Waals surface area contributed by atoms with Gasteiger partial charge in [-0.1, -0.05) is 56.3 Å². The van der Waals surface area contributed by atoms with Gasteiger partial charge in [0.1, 0.15) is 11.2 Å². The second kappa shape index (κ2) is 7.84. The van der Waals surface area contributed by atoms with Gasteiger partial charge in [0.15, 0.2) is 0 Å². The van der Waals surface area contributed by atoms with E-state index in [9.17, 15) is 4.79 Å². The highest BCUT2D eigenvalue weighted by Crippen LogP contribution is 2.29. The number of amides is 1. The molecule has 1 heterocycles. The standard InChI is InChI=1S/C22H23NO2/c1-16(2)15-23-22(24)11-5-3-4-8-17-12-13-21-19(14-17)18-9-6-7-10-20(18)25-21/h3-7,9-14,16H,8,15H2,1-2H3,(H,23,24)/b4-3+,11-5+. The van der Waals surface area contributed by atoms with E-state index < -0.39 is 0 Å². The number of benzene rings is 2. The molecular weight excluding hydrogens is 310 g/mol. The van der Waals surface area contributed by atoms with E-state index in [0.29, 0.717) is 12.5 Å². The predicted molar refractivity (Wildman–Crippen MR) is 104 cm³/mol. The topological polar surface area (TPSA) is 42.2 Å². The first kappa shape index (κ1) is 17.0. The van der Waals surface area contributed by atoms with E-state index in [-0.39, 0.29) is 5.91 Å². The van der Waals surface area contributed by atoms with Crippen LogP contribution in [0.4, 0.5) is 0 Å². The highest BCUT2D eigenvalue weighted by Gasteiger charge is 2.06. The maximum Gasteiger partial charge on any atom is 0.243 e. The lowest BCUT2D eigenvalue weighted by atomic mass is 10.1. The summed E-state index contributed by atoms with van der Waals surface area (Å²) >= 11 is 0. The fraction of sp³-hybridized carbons (Fsp3) is 0.227. The van der Waals surface area contributed by atoms with E-state index in [1.165, 1.54) is 5.56 Å². The van der Waals surface area contributed by atoms with Gasteiger partial charge in [-0.25, -0.2) is 0 Å². The highest BCUT2D eigenvalue weighted by atomic mass is 16.3. The van der Waals surface area contributed by atoms with Gasteiger partial charge in [0.2, 0.25) is 5.91 Å². The van der Waals surface area contributed by atoms with E-state index in [1.807, 2.05) is 30.3 Å². The van der Waals surface area contributed by atoms with Gasteiger partial charge in [-0.3, -0.25) is 4.79 Å². The largest absolute Gasteiger partial charge is 0.456 e. The summed E-state index contributed by atoms with van der Waals surface area (Å²) in [6.45, 7) is 4.85. The lowest BCUT2D eigenvalue weighted by Crippen LogP contribution is -2.25. The van der Waals surface area contributed by atoms with Crippen molar-refractivity contribution in [1.29, 1.82) is 0 Å². The van der Waals surface area contributed by atoms with Crippen LogP contribution in [0.1, 0.15) is 19.4 Å². The normalized spacial score (nSPS) is 12.1. The molecule has 0 bridgehead atoms. The second-order valence-electron chi connectivity index (χ2n) is 6.56. The summed E-state index contributed by atoms with van der Waals surface area (Å²) < 4.78 is 5.84. The summed E-state index contributed by atoms with van der Waals surface area (Å²) in [4.78, 5) is 11.6. The first-order valence-electron chi connectivity index (χ1n) is 8.64. The van der Waals surface area contributed by atoms with E-state index >= 15 is 0 Å². The van der Waals surface area contributed by atoms with Crippen LogP contribution in [-0.2, 0) is 11.2 Å². The number of rotatable bonds is 6. The van der Waals surface area contributed by atoms with Crippen molar-refractivity contribution >= 4 is 27.8 Å². The van der Waals surface area contributed by atoms with Gasteiger partial charge in [-0.2, -0.15) is 0 Å². The van der Waals surface area contributed by atoms with Crippen molar-refractivity contribution in [3.8, 4) is 0 Å². The molecule has 0 aliphatic heterocycles. The fourth-order valence-electron chi connectivity index (χ4n) is 2.69. The molecule has 2 aromatic carbocycles. The number of furan rings is 1. The first-order chi connectivity index (χ1) is 12.1. The van der Waals surface area contributed by atoms with E-state index in [1.54, 1.807) is 12.2 Å². The smallest absolute Gasteiger partial charge is 0.243 e. The van der Waals surface area contributed by atoms with Gasteiger partial charge >= 0.3 is 0 Å². The Labute approximate surface area is 148 Å². The maximum atomic E-state index is 11.6. The van der Waals surface area contributed by atoms with Crippen molar-refractivity contribution in [2.24, 2.45) is 5.92 Å². The van der Waals surface area contributed by atoms with Crippen LogP contribution in [0.25, 0.3) is 21.9 Å². The molecule has 3 heteroatoms. The van der Waals surface area contributed by atoms with Crippen LogP contribution >= 0.6 is 0 Å². The van der Waals surface area contributed by atoms with Crippen molar-refractivity contribution in [1.82, 2.24) is 5.32 Å². The number of hydrogen-bond donors (Lipinski definition) is 1. The fourth-order valence-corrected chi connectivity index (χ4v) is 2.69. The van der Waals surface area contributed by atoms with Crippen molar-refractivity contribution < 1.29 is 9.21 Å². The van der Waals surface area contributed by atoms with Crippen LogP contribution in [0.2, 0.25) is 0 Å². The third-order valence-corrected chi connectivity index (χ3v) is 3.97. The minimum absolute atomic E-state index is 0.0513. The molecule has 3 nitrogen and oxygen atoms in total. The number of carbonyl (C=O) groups excluding carboxylic acids is 1. The molecular formula is C22H23NO2. The summed E-state index contributed by atoms with van der Waals surface area (Å²) in [5.41, 5.74) is 3.05. The molecule has 0 saturated carbocycles. The van der Waals surface area contributed by atoms with Crippen LogP contribution in [0, 0.1) is 5.92 Å². The molecule has 1 N–H and O–H groups in total. The zero-order chi connectivity index (χ0) is 17.6. The maximum absolute atomic E-state index is 11.6. The third-order valence-electron chi connectivity index (χ3n) is 3.97. The Hall–Kier alpha value is -2.81. The highest BCUT2D eigenvalue weighted by molar-refractivity contribution is 6.04. The molecule has 0 unspecified atom stereocenters. The molecule has 25 heavy (non-hydrogen) atoms. The summed E-state index contributed by atoms with van der Waals surface area (Å²) in [6.07, 6.45) is 8.11. The molecule has 0 aliphatic carbocycles. The summed E-state index contributed by atoms with van der Waals surface area (Å²) in [5, 5.41) is 5.14. The number of fused-ring (bicyclic) bond motifs is 3. The summed E-state index contributed by atoms with van der Waals surface area (Å²) in [7, 11) is 0. The van der Waals surface area contributed by atoms with E-state index in [0.717, 1.165) is 28.4 Å². The molecule has 3 rings (SSSR count). The monoisotopic (exact) mass is 333 g/mol. The summed E-state index contributed by atoms with van der Waals surface area (Å²) in [5.74, 6) is 0.409. The average molecular weight is 333 g/mol. The Kier molecular flexibility index (Phi) is 5.34. The van der Waals surface area contributed by atoms with Crippen molar-refractivity contribution in [3.05, 3.63) is 72.3 Å². The zero-order valence-corrected chi connectivity index (χ0v) is 14.7. The average Bonchev–Trinajstić information content (AvgIpc) is 2.97. The second-order valence-corrected chi connectivity index (χ2v) is 6.56. The third kappa shape index (κ3) is 4.38. The van der Waals surface area contributed by atoms with Gasteiger partial charge in [-0.15, -0.1) is 0 Å². The number of carbonyl (C=O) groups is 1. The Bertz CT molecular complexity index is 932. The van der Waals surface area contributed by atoms with Gasteiger partial charge in [0, 0.05) is 23.4 Å². The number of para-hydroxylation sites is 1. The van der Waals surface area contributed by atoms with Crippen LogP contribution < -0.4 is 5.32 Å². The minimum atomic E-state index is -0.0513. The first-order valence-corrected chi connectivity index (χ1v) is 8.64. The molecule has 0 atom stereocenters. The van der Waals surface area contributed by atoms with Crippen LogP contribution in [0.15, 0.2) is 71.2 Å². The molecule has 128 valence electrons. The lowest BCUT2D eigenvalue weighted by molar-refractivity contribution is -0.116. The van der Waals surface area contributed by atoms with Crippen molar-refractivity contribution in [3.63, 3.8) is 0 Å². The molecule has 0 radical (unpaired) electrons. The molecule has 0 aliphatic rings. The minimum Gasteiger partial charge on any atom is -0.456 e. The SMILES string of the molecule is CC(C)CNC(=O)/C=C/C=C/Cc1ccc2oc3ccccc3c2c1. The van der Waals surface area contributed by atoms with E-state index in [2.05, 4.69) is 43.4 Å². The molecule has 3 aromatic rings.